The molecule has 1 heterocycles. The third-order valence-electron chi connectivity index (χ3n) is 4.62. The molecule has 4 aromatic rings. The van der Waals surface area contributed by atoms with Crippen LogP contribution in [0.5, 0.6) is 11.5 Å². The molecule has 0 saturated carbocycles. The van der Waals surface area contributed by atoms with Gasteiger partial charge in [0, 0.05) is 5.39 Å². The molecule has 0 aliphatic heterocycles. The SMILES string of the molecule is COc1ccc(OCC(=O)Nc2c(C(=O)Nc3ccccc3F)oc3ccccc23)cc1. The van der Waals surface area contributed by atoms with E-state index in [1.54, 1.807) is 61.7 Å². The van der Waals surface area contributed by atoms with Crippen molar-refractivity contribution in [3.63, 3.8) is 0 Å². The zero-order valence-electron chi connectivity index (χ0n) is 17.1. The van der Waals surface area contributed by atoms with E-state index in [0.717, 1.165) is 0 Å². The molecule has 0 radical (unpaired) electrons. The largest absolute Gasteiger partial charge is 0.497 e. The van der Waals surface area contributed by atoms with Crippen molar-refractivity contribution in [2.75, 3.05) is 24.4 Å². The van der Waals surface area contributed by atoms with E-state index in [2.05, 4.69) is 10.6 Å². The van der Waals surface area contributed by atoms with E-state index in [0.29, 0.717) is 22.5 Å². The van der Waals surface area contributed by atoms with Gasteiger partial charge in [-0.2, -0.15) is 0 Å². The van der Waals surface area contributed by atoms with E-state index in [1.165, 1.54) is 18.2 Å². The molecule has 0 bridgehead atoms. The Kier molecular flexibility index (Phi) is 6.03. The number of carbonyl (C=O) groups is 2. The minimum Gasteiger partial charge on any atom is -0.497 e. The molecule has 32 heavy (non-hydrogen) atoms. The van der Waals surface area contributed by atoms with E-state index in [-0.39, 0.29) is 23.7 Å². The standard InChI is InChI=1S/C24H19FN2O5/c1-30-15-10-12-16(13-11-15)31-14-21(28)27-22-17-6-2-5-9-20(17)32-23(22)24(29)26-19-8-4-3-7-18(19)25/h2-13H,14H2,1H3,(H,26,29)(H,27,28). The molecular weight excluding hydrogens is 415 g/mol. The summed E-state index contributed by atoms with van der Waals surface area (Å²) in [6, 6.07) is 19.4. The number of anilines is 2. The van der Waals surface area contributed by atoms with Crippen LogP contribution in [-0.4, -0.2) is 25.5 Å². The third kappa shape index (κ3) is 4.54. The average molecular weight is 434 g/mol. The molecule has 0 aliphatic carbocycles. The van der Waals surface area contributed by atoms with Crippen molar-refractivity contribution < 1.29 is 27.9 Å². The number of halogens is 1. The first-order valence-corrected chi connectivity index (χ1v) is 9.69. The Morgan fingerprint density at radius 1 is 0.906 bits per heavy atom. The smallest absolute Gasteiger partial charge is 0.293 e. The number of para-hydroxylation sites is 2. The van der Waals surface area contributed by atoms with Crippen LogP contribution < -0.4 is 20.1 Å². The number of benzene rings is 3. The molecule has 3 aromatic carbocycles. The Hall–Kier alpha value is -4.33. The summed E-state index contributed by atoms with van der Waals surface area (Å²) in [6.07, 6.45) is 0. The number of hydrogen-bond acceptors (Lipinski definition) is 5. The number of nitrogens with one attached hydrogen (secondary N) is 2. The Balaban J connectivity index is 1.53. The molecule has 4 rings (SSSR count). The van der Waals surface area contributed by atoms with Gasteiger partial charge in [-0.3, -0.25) is 9.59 Å². The molecule has 2 amide bonds. The number of amides is 2. The normalized spacial score (nSPS) is 10.6. The highest BCUT2D eigenvalue weighted by Crippen LogP contribution is 2.31. The van der Waals surface area contributed by atoms with Gasteiger partial charge in [-0.1, -0.05) is 24.3 Å². The maximum Gasteiger partial charge on any atom is 0.293 e. The van der Waals surface area contributed by atoms with E-state index in [4.69, 9.17) is 13.9 Å². The lowest BCUT2D eigenvalue weighted by atomic mass is 10.2. The summed E-state index contributed by atoms with van der Waals surface area (Å²) in [5.74, 6) is -0.777. The third-order valence-corrected chi connectivity index (χ3v) is 4.62. The van der Waals surface area contributed by atoms with Crippen molar-refractivity contribution in [3.05, 3.63) is 84.4 Å². The highest BCUT2D eigenvalue weighted by Gasteiger charge is 2.23. The summed E-state index contributed by atoms with van der Waals surface area (Å²) < 4.78 is 30.2. The van der Waals surface area contributed by atoms with Crippen molar-refractivity contribution in [2.24, 2.45) is 0 Å². The number of rotatable bonds is 7. The highest BCUT2D eigenvalue weighted by molar-refractivity contribution is 6.14. The van der Waals surface area contributed by atoms with Crippen molar-refractivity contribution in [1.82, 2.24) is 0 Å². The minimum atomic E-state index is -0.697. The maximum atomic E-state index is 14.0. The van der Waals surface area contributed by atoms with Gasteiger partial charge < -0.3 is 24.5 Å². The zero-order chi connectivity index (χ0) is 22.5. The molecular formula is C24H19FN2O5. The van der Waals surface area contributed by atoms with Gasteiger partial charge in [0.2, 0.25) is 5.76 Å². The molecule has 0 aliphatic rings. The summed E-state index contributed by atoms with van der Waals surface area (Å²) >= 11 is 0. The van der Waals surface area contributed by atoms with Crippen LogP contribution in [0.1, 0.15) is 10.6 Å². The topological polar surface area (TPSA) is 89.8 Å². The van der Waals surface area contributed by atoms with Crippen LogP contribution >= 0.6 is 0 Å². The lowest BCUT2D eigenvalue weighted by molar-refractivity contribution is -0.118. The van der Waals surface area contributed by atoms with Crippen molar-refractivity contribution in [1.29, 1.82) is 0 Å². The minimum absolute atomic E-state index is 0.00179. The van der Waals surface area contributed by atoms with Gasteiger partial charge in [0.05, 0.1) is 12.8 Å². The number of ether oxygens (including phenoxy) is 2. The summed E-state index contributed by atoms with van der Waals surface area (Å²) in [7, 11) is 1.55. The van der Waals surface area contributed by atoms with Crippen LogP contribution in [0.3, 0.4) is 0 Å². The van der Waals surface area contributed by atoms with Crippen LogP contribution in [0.15, 0.2) is 77.2 Å². The van der Waals surface area contributed by atoms with Gasteiger partial charge in [-0.15, -0.1) is 0 Å². The Bertz CT molecular complexity index is 1270. The quantitative estimate of drug-likeness (QED) is 0.434. The average Bonchev–Trinajstić information content (AvgIpc) is 3.18. The molecule has 0 atom stereocenters. The van der Waals surface area contributed by atoms with Crippen molar-refractivity contribution >= 4 is 34.2 Å². The van der Waals surface area contributed by atoms with E-state index in [1.807, 2.05) is 0 Å². The Labute approximate surface area is 182 Å². The summed E-state index contributed by atoms with van der Waals surface area (Å²) in [5.41, 5.74) is 0.577. The summed E-state index contributed by atoms with van der Waals surface area (Å²) in [5, 5.41) is 5.67. The molecule has 162 valence electrons. The number of carbonyl (C=O) groups excluding carboxylic acids is 2. The van der Waals surface area contributed by atoms with Gasteiger partial charge in [-0.25, -0.2) is 4.39 Å². The fourth-order valence-corrected chi connectivity index (χ4v) is 3.07. The number of furan rings is 1. The fraction of sp³-hybridized carbons (Fsp3) is 0.0833. The lowest BCUT2D eigenvalue weighted by Gasteiger charge is -2.09. The Morgan fingerprint density at radius 3 is 2.34 bits per heavy atom. The molecule has 1 aromatic heterocycles. The first-order chi connectivity index (χ1) is 15.5. The second-order valence-electron chi connectivity index (χ2n) is 6.75. The van der Waals surface area contributed by atoms with Gasteiger partial charge in [0.15, 0.2) is 6.61 Å². The molecule has 0 fully saturated rings. The molecule has 0 unspecified atom stereocenters. The predicted octanol–water partition coefficient (Wildman–Crippen LogP) is 4.85. The molecule has 0 spiro atoms. The van der Waals surface area contributed by atoms with Crippen LogP contribution in [0.25, 0.3) is 11.0 Å². The van der Waals surface area contributed by atoms with Gasteiger partial charge in [-0.05, 0) is 48.5 Å². The molecule has 2 N–H and O–H groups in total. The maximum absolute atomic E-state index is 14.0. The zero-order valence-corrected chi connectivity index (χ0v) is 17.1. The lowest BCUT2D eigenvalue weighted by Crippen LogP contribution is -2.22. The van der Waals surface area contributed by atoms with Crippen LogP contribution in [-0.2, 0) is 4.79 Å². The van der Waals surface area contributed by atoms with Gasteiger partial charge in [0.1, 0.15) is 28.6 Å². The Morgan fingerprint density at radius 2 is 1.59 bits per heavy atom. The molecule has 0 saturated heterocycles. The van der Waals surface area contributed by atoms with E-state index < -0.39 is 17.6 Å². The fourth-order valence-electron chi connectivity index (χ4n) is 3.07. The second-order valence-corrected chi connectivity index (χ2v) is 6.75. The first kappa shape index (κ1) is 20.9. The van der Waals surface area contributed by atoms with Gasteiger partial charge >= 0.3 is 0 Å². The van der Waals surface area contributed by atoms with Crippen LogP contribution in [0.4, 0.5) is 15.8 Å². The number of hydrogen-bond donors (Lipinski definition) is 2. The second kappa shape index (κ2) is 9.22. The van der Waals surface area contributed by atoms with Gasteiger partial charge in [0.25, 0.3) is 11.8 Å². The summed E-state index contributed by atoms with van der Waals surface area (Å²) in [4.78, 5) is 25.4. The van der Waals surface area contributed by atoms with Crippen LogP contribution in [0.2, 0.25) is 0 Å². The number of fused-ring (bicyclic) bond motifs is 1. The van der Waals surface area contributed by atoms with E-state index >= 15 is 0 Å². The monoisotopic (exact) mass is 434 g/mol. The van der Waals surface area contributed by atoms with Crippen LogP contribution in [0, 0.1) is 5.82 Å². The first-order valence-electron chi connectivity index (χ1n) is 9.69. The number of methoxy groups -OCH3 is 1. The summed E-state index contributed by atoms with van der Waals surface area (Å²) in [6.45, 7) is -0.291. The van der Waals surface area contributed by atoms with Crippen molar-refractivity contribution in [3.8, 4) is 11.5 Å². The van der Waals surface area contributed by atoms with Crippen molar-refractivity contribution in [2.45, 2.75) is 0 Å². The van der Waals surface area contributed by atoms with E-state index in [9.17, 15) is 14.0 Å². The predicted molar refractivity (Wildman–Crippen MR) is 118 cm³/mol. The highest BCUT2D eigenvalue weighted by atomic mass is 19.1. The molecule has 8 heteroatoms. The molecule has 7 nitrogen and oxygen atoms in total.